The van der Waals surface area contributed by atoms with Crippen molar-refractivity contribution in [2.45, 2.75) is 19.4 Å². The molecule has 0 saturated carbocycles. The van der Waals surface area contributed by atoms with Gasteiger partial charge in [0.2, 0.25) is 0 Å². The van der Waals surface area contributed by atoms with Gasteiger partial charge < -0.3 is 9.64 Å². The summed E-state index contributed by atoms with van der Waals surface area (Å²) >= 11 is 1.13. The minimum atomic E-state index is -0.475. The first-order chi connectivity index (χ1) is 10.6. The second-order valence-corrected chi connectivity index (χ2v) is 6.00. The Balaban J connectivity index is 1.95. The van der Waals surface area contributed by atoms with Gasteiger partial charge in [-0.25, -0.2) is 4.39 Å². The van der Waals surface area contributed by atoms with Crippen LogP contribution in [0.5, 0.6) is 0 Å². The number of halogens is 1. The lowest BCUT2D eigenvalue weighted by Gasteiger charge is -2.28. The Labute approximate surface area is 131 Å². The van der Waals surface area contributed by atoms with E-state index in [2.05, 4.69) is 6.08 Å². The minimum Gasteiger partial charge on any atom is -0.494 e. The number of ether oxygens (including phenoxy) is 1. The molecule has 1 amide bonds. The molecule has 4 nitrogen and oxygen atoms in total. The lowest BCUT2D eigenvalue weighted by Crippen LogP contribution is -2.36. The van der Waals surface area contributed by atoms with E-state index in [0.29, 0.717) is 27.4 Å². The number of amides is 1. The number of thiophene rings is 1. The van der Waals surface area contributed by atoms with Crippen molar-refractivity contribution >= 4 is 17.2 Å². The average molecular weight is 315 g/mol. The highest BCUT2D eigenvalue weighted by molar-refractivity contribution is 7.14. The highest BCUT2D eigenvalue weighted by Crippen LogP contribution is 2.38. The summed E-state index contributed by atoms with van der Waals surface area (Å²) in [6.45, 7) is 1.72. The second-order valence-electron chi connectivity index (χ2n) is 4.91. The van der Waals surface area contributed by atoms with E-state index in [-0.39, 0.29) is 11.7 Å². The Hall–Kier alpha value is -2.39. The van der Waals surface area contributed by atoms with Crippen molar-refractivity contribution in [3.63, 3.8) is 0 Å². The SMILES string of the molecule is COC1=CCC2C(=C1F)[C]=C(C)N2C(=O)c1ccc(C#N)s1. The number of allylic oxidation sites excluding steroid dienone is 2. The first kappa shape index (κ1) is 14.5. The van der Waals surface area contributed by atoms with Gasteiger partial charge >= 0.3 is 0 Å². The largest absolute Gasteiger partial charge is 0.494 e. The van der Waals surface area contributed by atoms with Crippen LogP contribution >= 0.6 is 11.3 Å². The molecule has 1 atom stereocenters. The number of hydrogen-bond acceptors (Lipinski definition) is 4. The van der Waals surface area contributed by atoms with E-state index in [1.807, 2.05) is 6.07 Å². The predicted molar refractivity (Wildman–Crippen MR) is 79.3 cm³/mol. The molecule has 0 N–H and O–H groups in total. The number of nitriles is 1. The van der Waals surface area contributed by atoms with Crippen molar-refractivity contribution in [1.29, 1.82) is 5.26 Å². The molecule has 2 aliphatic rings. The molecule has 0 aromatic carbocycles. The number of hydrogen-bond donors (Lipinski definition) is 0. The van der Waals surface area contributed by atoms with Gasteiger partial charge in [0.25, 0.3) is 5.91 Å². The number of fused-ring (bicyclic) bond motifs is 1. The topological polar surface area (TPSA) is 53.3 Å². The zero-order valence-corrected chi connectivity index (χ0v) is 12.8. The van der Waals surface area contributed by atoms with E-state index in [0.717, 1.165) is 11.3 Å². The Kier molecular flexibility index (Phi) is 3.59. The molecule has 22 heavy (non-hydrogen) atoms. The molecule has 0 fully saturated rings. The summed E-state index contributed by atoms with van der Waals surface area (Å²) in [5, 5.41) is 8.87. The zero-order valence-electron chi connectivity index (χ0n) is 12.0. The van der Waals surface area contributed by atoms with Gasteiger partial charge in [0.1, 0.15) is 10.9 Å². The molecule has 1 aromatic heterocycles. The summed E-state index contributed by atoms with van der Waals surface area (Å²) < 4.78 is 19.3. The van der Waals surface area contributed by atoms with Crippen LogP contribution in [0.3, 0.4) is 0 Å². The summed E-state index contributed by atoms with van der Waals surface area (Å²) in [6.07, 6.45) is 5.05. The standard InChI is InChI=1S/C16H12FN2O2S/c1-9-7-11-12(4-5-13(21-2)15(11)17)19(9)16(20)14-6-3-10(8-18)22-14/h3,5-6,12H,4H2,1-2H3. The summed E-state index contributed by atoms with van der Waals surface area (Å²) in [6, 6.07) is 4.84. The van der Waals surface area contributed by atoms with Gasteiger partial charge in [-0.05, 0) is 31.6 Å². The Morgan fingerprint density at radius 1 is 1.59 bits per heavy atom. The third-order valence-corrected chi connectivity index (χ3v) is 4.64. The molecule has 3 rings (SSSR count). The molecule has 1 unspecified atom stereocenters. The van der Waals surface area contributed by atoms with Crippen LogP contribution < -0.4 is 0 Å². The van der Waals surface area contributed by atoms with Crippen molar-refractivity contribution in [1.82, 2.24) is 4.90 Å². The van der Waals surface area contributed by atoms with E-state index in [4.69, 9.17) is 10.00 Å². The quantitative estimate of drug-likeness (QED) is 0.841. The van der Waals surface area contributed by atoms with E-state index < -0.39 is 11.9 Å². The van der Waals surface area contributed by atoms with Crippen molar-refractivity contribution in [2.75, 3.05) is 7.11 Å². The maximum atomic E-state index is 14.3. The van der Waals surface area contributed by atoms with Crippen LogP contribution in [-0.2, 0) is 4.74 Å². The van der Waals surface area contributed by atoms with Gasteiger partial charge in [-0.3, -0.25) is 4.79 Å². The predicted octanol–water partition coefficient (Wildman–Crippen LogP) is 3.31. The van der Waals surface area contributed by atoms with Crippen LogP contribution in [0.25, 0.3) is 0 Å². The van der Waals surface area contributed by atoms with Crippen LogP contribution in [0.2, 0.25) is 0 Å². The third-order valence-electron chi connectivity index (χ3n) is 3.67. The maximum Gasteiger partial charge on any atom is 0.268 e. The summed E-state index contributed by atoms with van der Waals surface area (Å²) in [5.74, 6) is -0.528. The number of carbonyl (C=O) groups is 1. The highest BCUT2D eigenvalue weighted by atomic mass is 32.1. The number of methoxy groups -OCH3 is 1. The fourth-order valence-corrected chi connectivity index (χ4v) is 3.41. The van der Waals surface area contributed by atoms with Crippen LogP contribution in [0.1, 0.15) is 27.9 Å². The lowest BCUT2D eigenvalue weighted by molar-refractivity contribution is 0.0783. The summed E-state index contributed by atoms with van der Waals surface area (Å²) in [4.78, 5) is 15.1. The zero-order chi connectivity index (χ0) is 15.9. The van der Waals surface area contributed by atoms with Crippen molar-refractivity contribution in [3.8, 4) is 6.07 Å². The smallest absolute Gasteiger partial charge is 0.268 e. The molecule has 0 bridgehead atoms. The Morgan fingerprint density at radius 2 is 2.36 bits per heavy atom. The lowest BCUT2D eigenvalue weighted by atomic mass is 9.98. The number of nitrogens with zero attached hydrogens (tertiary/aromatic N) is 2. The Morgan fingerprint density at radius 3 is 3.00 bits per heavy atom. The average Bonchev–Trinajstić information content (AvgIpc) is 3.11. The van der Waals surface area contributed by atoms with Gasteiger partial charge in [-0.2, -0.15) is 5.26 Å². The summed E-state index contributed by atoms with van der Waals surface area (Å²) in [5.41, 5.74) is 0.917. The van der Waals surface area contributed by atoms with Crippen molar-refractivity contribution < 1.29 is 13.9 Å². The van der Waals surface area contributed by atoms with Crippen LogP contribution in [0.15, 0.2) is 41.1 Å². The van der Waals surface area contributed by atoms with Crippen LogP contribution in [0.4, 0.5) is 4.39 Å². The molecule has 111 valence electrons. The molecule has 1 aliphatic heterocycles. The second kappa shape index (κ2) is 5.43. The third kappa shape index (κ3) is 2.14. The molecule has 1 aliphatic carbocycles. The Bertz CT molecular complexity index is 782. The maximum absolute atomic E-state index is 14.3. The van der Waals surface area contributed by atoms with Crippen LogP contribution in [-0.4, -0.2) is 24.0 Å². The number of carbonyl (C=O) groups excluding carboxylic acids is 1. The fraction of sp³-hybridized carbons (Fsp3) is 0.250. The molecular formula is C16H12FN2O2S. The van der Waals surface area contributed by atoms with Gasteiger partial charge in [0, 0.05) is 17.3 Å². The highest BCUT2D eigenvalue weighted by Gasteiger charge is 2.38. The van der Waals surface area contributed by atoms with Crippen molar-refractivity contribution in [3.05, 3.63) is 56.9 Å². The molecule has 0 spiro atoms. The molecule has 1 radical (unpaired) electrons. The van der Waals surface area contributed by atoms with E-state index in [9.17, 15) is 9.18 Å². The number of rotatable bonds is 2. The van der Waals surface area contributed by atoms with Gasteiger partial charge in [0.15, 0.2) is 11.6 Å². The van der Waals surface area contributed by atoms with E-state index >= 15 is 0 Å². The minimum absolute atomic E-state index is 0.184. The molecule has 6 heteroatoms. The van der Waals surface area contributed by atoms with E-state index in [1.165, 1.54) is 12.0 Å². The van der Waals surface area contributed by atoms with Gasteiger partial charge in [0.05, 0.1) is 18.0 Å². The first-order valence-corrected chi connectivity index (χ1v) is 7.46. The molecule has 0 saturated heterocycles. The molecule has 1 aromatic rings. The monoisotopic (exact) mass is 315 g/mol. The molecular weight excluding hydrogens is 303 g/mol. The van der Waals surface area contributed by atoms with Gasteiger partial charge in [-0.1, -0.05) is 0 Å². The fourth-order valence-electron chi connectivity index (χ4n) is 2.67. The summed E-state index contributed by atoms with van der Waals surface area (Å²) in [7, 11) is 1.41. The first-order valence-electron chi connectivity index (χ1n) is 6.65. The molecule has 2 heterocycles. The normalized spacial score (nSPS) is 20.3. The van der Waals surface area contributed by atoms with Gasteiger partial charge in [-0.15, -0.1) is 11.3 Å². The van der Waals surface area contributed by atoms with E-state index in [1.54, 1.807) is 25.1 Å². The van der Waals surface area contributed by atoms with Crippen LogP contribution in [0, 0.1) is 17.4 Å². The van der Waals surface area contributed by atoms with Crippen molar-refractivity contribution in [2.24, 2.45) is 0 Å².